The Morgan fingerprint density at radius 3 is 3.00 bits per heavy atom. The lowest BCUT2D eigenvalue weighted by Crippen LogP contribution is -2.18. The quantitative estimate of drug-likeness (QED) is 0.874. The zero-order valence-electron chi connectivity index (χ0n) is 10.9. The van der Waals surface area contributed by atoms with Gasteiger partial charge in [0.25, 0.3) is 0 Å². The molecular formula is C13H23N3O. The average molecular weight is 237 g/mol. The third kappa shape index (κ3) is 3.28. The third-order valence-corrected chi connectivity index (χ3v) is 3.71. The maximum absolute atomic E-state index is 5.73. The molecule has 4 heteroatoms. The number of nitrogens with two attached hydrogens (primary N) is 1. The molecule has 1 aliphatic carbocycles. The first-order valence-corrected chi connectivity index (χ1v) is 6.77. The molecule has 0 spiro atoms. The molecule has 0 bridgehead atoms. The minimum absolute atomic E-state index is 0.0815. The Bertz CT molecular complexity index is 348. The van der Waals surface area contributed by atoms with E-state index in [-0.39, 0.29) is 6.04 Å². The van der Waals surface area contributed by atoms with Crippen LogP contribution in [-0.2, 0) is 6.42 Å². The summed E-state index contributed by atoms with van der Waals surface area (Å²) in [5, 5.41) is 4.12. The lowest BCUT2D eigenvalue weighted by molar-refractivity contribution is 0.297. The van der Waals surface area contributed by atoms with E-state index < -0.39 is 0 Å². The molecule has 3 unspecified atom stereocenters. The van der Waals surface area contributed by atoms with E-state index in [1.807, 2.05) is 6.92 Å². The van der Waals surface area contributed by atoms with Crippen molar-refractivity contribution in [1.29, 1.82) is 0 Å². The number of rotatable bonds is 4. The van der Waals surface area contributed by atoms with Gasteiger partial charge in [0, 0.05) is 18.4 Å². The highest BCUT2D eigenvalue weighted by molar-refractivity contribution is 4.98. The van der Waals surface area contributed by atoms with Crippen molar-refractivity contribution in [2.45, 2.75) is 64.3 Å². The van der Waals surface area contributed by atoms with Gasteiger partial charge in [-0.1, -0.05) is 31.3 Å². The first kappa shape index (κ1) is 12.6. The van der Waals surface area contributed by atoms with E-state index in [0.717, 1.165) is 11.7 Å². The molecular weight excluding hydrogens is 214 g/mol. The molecule has 0 saturated heterocycles. The van der Waals surface area contributed by atoms with Crippen LogP contribution >= 0.6 is 0 Å². The van der Waals surface area contributed by atoms with Crippen molar-refractivity contribution in [2.24, 2.45) is 11.7 Å². The van der Waals surface area contributed by atoms with Crippen LogP contribution in [0.1, 0.15) is 63.6 Å². The van der Waals surface area contributed by atoms with E-state index in [0.29, 0.717) is 18.2 Å². The van der Waals surface area contributed by atoms with Crippen LogP contribution in [0, 0.1) is 5.92 Å². The highest BCUT2D eigenvalue weighted by Crippen LogP contribution is 2.36. The van der Waals surface area contributed by atoms with Gasteiger partial charge in [-0.05, 0) is 25.7 Å². The molecule has 1 aromatic rings. The molecule has 0 aromatic carbocycles. The number of hydrogen-bond acceptors (Lipinski definition) is 4. The molecule has 0 radical (unpaired) electrons. The van der Waals surface area contributed by atoms with Crippen LogP contribution in [0.25, 0.3) is 0 Å². The van der Waals surface area contributed by atoms with E-state index >= 15 is 0 Å². The van der Waals surface area contributed by atoms with E-state index in [1.165, 1.54) is 32.1 Å². The average Bonchev–Trinajstić information content (AvgIpc) is 2.77. The molecule has 2 rings (SSSR count). The van der Waals surface area contributed by atoms with Crippen molar-refractivity contribution in [3.8, 4) is 0 Å². The van der Waals surface area contributed by atoms with Gasteiger partial charge in [0.15, 0.2) is 5.82 Å². The normalized spacial score (nSPS) is 27.0. The van der Waals surface area contributed by atoms with Crippen LogP contribution in [0.5, 0.6) is 0 Å². The van der Waals surface area contributed by atoms with E-state index in [9.17, 15) is 0 Å². The summed E-state index contributed by atoms with van der Waals surface area (Å²) in [7, 11) is 0. The van der Waals surface area contributed by atoms with Crippen LogP contribution < -0.4 is 5.73 Å². The Kier molecular flexibility index (Phi) is 4.15. The van der Waals surface area contributed by atoms with Crippen molar-refractivity contribution >= 4 is 0 Å². The highest BCUT2D eigenvalue weighted by atomic mass is 16.5. The SMILES string of the molecule is CCC1CCCC(c2noc(CC(C)N)n2)C1. The molecule has 17 heavy (non-hydrogen) atoms. The summed E-state index contributed by atoms with van der Waals surface area (Å²) in [5.41, 5.74) is 5.73. The Morgan fingerprint density at radius 1 is 1.47 bits per heavy atom. The molecule has 1 aromatic heterocycles. The lowest BCUT2D eigenvalue weighted by atomic mass is 9.80. The molecule has 1 fully saturated rings. The van der Waals surface area contributed by atoms with Gasteiger partial charge in [-0.25, -0.2) is 0 Å². The van der Waals surface area contributed by atoms with Crippen LogP contribution in [0.4, 0.5) is 0 Å². The molecule has 96 valence electrons. The predicted molar refractivity (Wildman–Crippen MR) is 66.6 cm³/mol. The van der Waals surface area contributed by atoms with Crippen molar-refractivity contribution in [1.82, 2.24) is 10.1 Å². The second-order valence-electron chi connectivity index (χ2n) is 5.37. The highest BCUT2D eigenvalue weighted by Gasteiger charge is 2.25. The Hall–Kier alpha value is -0.900. The van der Waals surface area contributed by atoms with E-state index in [1.54, 1.807) is 0 Å². The fourth-order valence-electron chi connectivity index (χ4n) is 2.69. The number of aromatic nitrogens is 2. The van der Waals surface area contributed by atoms with Gasteiger partial charge >= 0.3 is 0 Å². The maximum Gasteiger partial charge on any atom is 0.228 e. The van der Waals surface area contributed by atoms with Gasteiger partial charge in [0.05, 0.1) is 0 Å². The number of hydrogen-bond donors (Lipinski definition) is 1. The van der Waals surface area contributed by atoms with Crippen molar-refractivity contribution in [3.63, 3.8) is 0 Å². The van der Waals surface area contributed by atoms with Gasteiger partial charge < -0.3 is 10.3 Å². The minimum atomic E-state index is 0.0815. The topological polar surface area (TPSA) is 64.9 Å². The molecule has 0 aliphatic heterocycles. The maximum atomic E-state index is 5.73. The first-order valence-electron chi connectivity index (χ1n) is 6.77. The zero-order chi connectivity index (χ0) is 12.3. The van der Waals surface area contributed by atoms with Crippen molar-refractivity contribution in [2.75, 3.05) is 0 Å². The summed E-state index contributed by atoms with van der Waals surface area (Å²) in [5.74, 6) is 2.93. The largest absolute Gasteiger partial charge is 0.339 e. The number of nitrogens with zero attached hydrogens (tertiary/aromatic N) is 2. The second kappa shape index (κ2) is 5.63. The fourth-order valence-corrected chi connectivity index (χ4v) is 2.69. The summed E-state index contributed by atoms with van der Waals surface area (Å²) < 4.78 is 5.26. The Balaban J connectivity index is 1.99. The summed E-state index contributed by atoms with van der Waals surface area (Å²) in [6.45, 7) is 4.22. The van der Waals surface area contributed by atoms with Gasteiger partial charge in [-0.15, -0.1) is 0 Å². The summed E-state index contributed by atoms with van der Waals surface area (Å²) in [6.07, 6.45) is 7.01. The monoisotopic (exact) mass is 237 g/mol. The van der Waals surface area contributed by atoms with E-state index in [4.69, 9.17) is 10.3 Å². The van der Waals surface area contributed by atoms with Crippen LogP contribution in [0.3, 0.4) is 0 Å². The standard InChI is InChI=1S/C13H23N3O/c1-3-10-5-4-6-11(8-10)13-15-12(17-16-13)7-9(2)14/h9-11H,3-8,14H2,1-2H3. The van der Waals surface area contributed by atoms with Crippen molar-refractivity contribution in [3.05, 3.63) is 11.7 Å². The van der Waals surface area contributed by atoms with Crippen LogP contribution in [-0.4, -0.2) is 16.2 Å². The molecule has 3 atom stereocenters. The predicted octanol–water partition coefficient (Wildman–Crippen LogP) is 2.64. The van der Waals surface area contributed by atoms with Gasteiger partial charge in [-0.3, -0.25) is 0 Å². The molecule has 1 heterocycles. The molecule has 2 N–H and O–H groups in total. The summed E-state index contributed by atoms with van der Waals surface area (Å²) in [4.78, 5) is 4.49. The minimum Gasteiger partial charge on any atom is -0.339 e. The molecule has 1 saturated carbocycles. The summed E-state index contributed by atoms with van der Waals surface area (Å²) >= 11 is 0. The zero-order valence-corrected chi connectivity index (χ0v) is 10.9. The van der Waals surface area contributed by atoms with Crippen molar-refractivity contribution < 1.29 is 4.52 Å². The lowest BCUT2D eigenvalue weighted by Gasteiger charge is -2.26. The fraction of sp³-hybridized carbons (Fsp3) is 0.846. The molecule has 4 nitrogen and oxygen atoms in total. The Morgan fingerprint density at radius 2 is 2.29 bits per heavy atom. The third-order valence-electron chi connectivity index (χ3n) is 3.71. The van der Waals surface area contributed by atoms with Crippen LogP contribution in [0.2, 0.25) is 0 Å². The van der Waals surface area contributed by atoms with Crippen LogP contribution in [0.15, 0.2) is 4.52 Å². The van der Waals surface area contributed by atoms with Gasteiger partial charge in [0.1, 0.15) is 0 Å². The van der Waals surface area contributed by atoms with E-state index in [2.05, 4.69) is 17.1 Å². The second-order valence-corrected chi connectivity index (χ2v) is 5.37. The van der Waals surface area contributed by atoms with Gasteiger partial charge in [0.2, 0.25) is 5.89 Å². The Labute approximate surface area is 103 Å². The van der Waals surface area contributed by atoms with Gasteiger partial charge in [-0.2, -0.15) is 4.98 Å². The molecule has 0 amide bonds. The smallest absolute Gasteiger partial charge is 0.228 e. The first-order chi connectivity index (χ1) is 8.19. The summed E-state index contributed by atoms with van der Waals surface area (Å²) in [6, 6.07) is 0.0815. The molecule has 1 aliphatic rings.